The summed E-state index contributed by atoms with van der Waals surface area (Å²) in [5.41, 5.74) is 0.728. The largest absolute Gasteiger partial charge is 0.462 e. The quantitative estimate of drug-likeness (QED) is 0.316. The number of rotatable bonds is 7. The Kier molecular flexibility index (Phi) is 7.48. The van der Waals surface area contributed by atoms with Crippen molar-refractivity contribution in [1.29, 1.82) is 0 Å². The molecule has 0 aromatic carbocycles. The van der Waals surface area contributed by atoms with Crippen molar-refractivity contribution in [2.45, 2.75) is 108 Å². The summed E-state index contributed by atoms with van der Waals surface area (Å²) >= 11 is 0. The van der Waals surface area contributed by atoms with E-state index in [0.29, 0.717) is 30.5 Å². The molecular formula is C26H38N2O6. The number of allylic oxidation sites excluding steroid dienone is 1. The molecule has 4 saturated heterocycles. The van der Waals surface area contributed by atoms with Gasteiger partial charge in [-0.2, -0.15) is 0 Å². The highest BCUT2D eigenvalue weighted by atomic mass is 16.6. The van der Waals surface area contributed by atoms with Crippen molar-refractivity contribution in [3.8, 4) is 0 Å². The Morgan fingerprint density at radius 3 is 2.12 bits per heavy atom. The molecule has 0 N–H and O–H groups in total. The molecule has 1 unspecified atom stereocenters. The first kappa shape index (κ1) is 24.9. The molecule has 0 radical (unpaired) electrons. The van der Waals surface area contributed by atoms with Gasteiger partial charge in [0, 0.05) is 61.4 Å². The third kappa shape index (κ3) is 5.23. The molecule has 8 nitrogen and oxygen atoms in total. The van der Waals surface area contributed by atoms with Gasteiger partial charge in [0.05, 0.1) is 12.5 Å². The molecule has 4 fully saturated rings. The van der Waals surface area contributed by atoms with Crippen molar-refractivity contribution < 1.29 is 28.6 Å². The lowest BCUT2D eigenvalue weighted by atomic mass is 10.00. The molecule has 4 rings (SSSR count). The average molecular weight is 475 g/mol. The maximum Gasteiger partial charge on any atom is 0.334 e. The third-order valence-corrected chi connectivity index (χ3v) is 8.36. The number of carbonyl (C=O) groups excluding carboxylic acids is 3. The van der Waals surface area contributed by atoms with Crippen LogP contribution in [0.5, 0.6) is 0 Å². The van der Waals surface area contributed by atoms with Gasteiger partial charge in [0.1, 0.15) is 18.3 Å². The minimum absolute atomic E-state index is 0.0122. The second kappa shape index (κ2) is 10.2. The van der Waals surface area contributed by atoms with Crippen molar-refractivity contribution in [3.05, 3.63) is 23.8 Å². The predicted octanol–water partition coefficient (Wildman–Crippen LogP) is 2.76. The number of hydrogen-bond donors (Lipinski definition) is 0. The summed E-state index contributed by atoms with van der Waals surface area (Å²) in [6, 6.07) is 1.14. The van der Waals surface area contributed by atoms with Crippen LogP contribution in [0, 0.1) is 0 Å². The molecule has 4 aliphatic rings. The molecule has 0 aromatic rings. The van der Waals surface area contributed by atoms with E-state index >= 15 is 0 Å². The Morgan fingerprint density at radius 2 is 1.47 bits per heavy atom. The summed E-state index contributed by atoms with van der Waals surface area (Å²) in [4.78, 5) is 41.9. The van der Waals surface area contributed by atoms with Gasteiger partial charge in [-0.1, -0.05) is 12.7 Å². The van der Waals surface area contributed by atoms with Crippen molar-refractivity contribution in [1.82, 2.24) is 9.80 Å². The molecule has 0 saturated carbocycles. The van der Waals surface area contributed by atoms with Crippen LogP contribution >= 0.6 is 0 Å². The Bertz CT molecular complexity index is 855. The zero-order chi connectivity index (χ0) is 24.6. The molecule has 4 bridgehead atoms. The number of carbonyl (C=O) groups is 3. The van der Waals surface area contributed by atoms with Crippen molar-refractivity contribution in [2.24, 2.45) is 0 Å². The lowest BCUT2D eigenvalue weighted by Gasteiger charge is -2.36. The first-order chi connectivity index (χ1) is 16.2. The van der Waals surface area contributed by atoms with E-state index in [0.717, 1.165) is 32.1 Å². The van der Waals surface area contributed by atoms with Crippen LogP contribution in [0.2, 0.25) is 0 Å². The minimum Gasteiger partial charge on any atom is -0.462 e. The summed E-state index contributed by atoms with van der Waals surface area (Å²) in [5, 5.41) is 0. The van der Waals surface area contributed by atoms with Crippen LogP contribution in [0.25, 0.3) is 0 Å². The highest BCUT2D eigenvalue weighted by Gasteiger charge is 2.48. The number of nitrogens with zero attached hydrogens (tertiary/aromatic N) is 2. The third-order valence-electron chi connectivity index (χ3n) is 8.36. The topological polar surface area (TPSA) is 85.4 Å². The van der Waals surface area contributed by atoms with Gasteiger partial charge in [-0.05, 0) is 40.8 Å². The Labute approximate surface area is 202 Å². The summed E-state index contributed by atoms with van der Waals surface area (Å²) < 4.78 is 17.1. The van der Waals surface area contributed by atoms with Gasteiger partial charge in [0.2, 0.25) is 0 Å². The van der Waals surface area contributed by atoms with E-state index in [1.54, 1.807) is 13.0 Å². The highest BCUT2D eigenvalue weighted by Crippen LogP contribution is 2.38. The first-order valence-electron chi connectivity index (χ1n) is 12.5. The van der Waals surface area contributed by atoms with E-state index in [9.17, 15) is 14.4 Å². The molecule has 0 aliphatic carbocycles. The molecule has 8 heteroatoms. The van der Waals surface area contributed by atoms with Gasteiger partial charge < -0.3 is 19.1 Å². The van der Waals surface area contributed by atoms with Gasteiger partial charge in [-0.25, -0.2) is 9.59 Å². The monoisotopic (exact) mass is 474 g/mol. The van der Waals surface area contributed by atoms with E-state index in [4.69, 9.17) is 14.2 Å². The number of hydrogen-bond acceptors (Lipinski definition) is 8. The fraction of sp³-hybridized carbons (Fsp3) is 0.731. The number of fused-ring (bicyclic) bond motifs is 4. The van der Waals surface area contributed by atoms with E-state index in [1.807, 2.05) is 14.0 Å². The van der Waals surface area contributed by atoms with Gasteiger partial charge in [-0.3, -0.25) is 9.69 Å². The standard InChI is InChI=1S/C26H38N2O6/c1-6-15(2)25(30)34-23-13-19-12-21(14-22(23)28(19)5)32-24(29)9-16(3)26(31)33-20-10-17-7-8-18(11-20)27(17)4/h6,17-23H,3,7-14H2,1-2,4-5H3/b15-6-/t17-,18+,19-,20?,21-,22+,23-/m1/s1. The van der Waals surface area contributed by atoms with Gasteiger partial charge in [0.15, 0.2) is 0 Å². The van der Waals surface area contributed by atoms with E-state index in [-0.39, 0.29) is 48.4 Å². The molecule has 0 spiro atoms. The fourth-order valence-corrected chi connectivity index (χ4v) is 6.11. The first-order valence-corrected chi connectivity index (χ1v) is 12.5. The minimum atomic E-state index is -0.499. The van der Waals surface area contributed by atoms with Crippen molar-refractivity contribution in [2.75, 3.05) is 14.1 Å². The lowest BCUT2D eigenvalue weighted by molar-refractivity contribution is -0.156. The van der Waals surface area contributed by atoms with Gasteiger partial charge >= 0.3 is 17.9 Å². The van der Waals surface area contributed by atoms with Crippen LogP contribution < -0.4 is 0 Å². The predicted molar refractivity (Wildman–Crippen MR) is 126 cm³/mol. The van der Waals surface area contributed by atoms with Crippen LogP contribution in [0.1, 0.15) is 65.2 Å². The molecule has 34 heavy (non-hydrogen) atoms. The molecule has 4 aliphatic heterocycles. The van der Waals surface area contributed by atoms with Gasteiger partial charge in [-0.15, -0.1) is 0 Å². The highest BCUT2D eigenvalue weighted by molar-refractivity contribution is 5.93. The maximum absolute atomic E-state index is 12.6. The smallest absolute Gasteiger partial charge is 0.334 e. The van der Waals surface area contributed by atoms with Crippen LogP contribution in [0.15, 0.2) is 23.8 Å². The summed E-state index contributed by atoms with van der Waals surface area (Å²) in [5.74, 6) is -1.26. The molecule has 7 atom stereocenters. The number of likely N-dealkylation sites (N-methyl/N-ethyl adjacent to an activating group) is 1. The summed E-state index contributed by atoms with van der Waals surface area (Å²) in [6.07, 6.45) is 6.99. The molecule has 4 heterocycles. The Morgan fingerprint density at radius 1 is 0.853 bits per heavy atom. The zero-order valence-electron chi connectivity index (χ0n) is 20.8. The van der Waals surface area contributed by atoms with Crippen LogP contribution in [-0.2, 0) is 28.6 Å². The van der Waals surface area contributed by atoms with Gasteiger partial charge in [0.25, 0.3) is 0 Å². The number of esters is 3. The Balaban J connectivity index is 1.24. The summed E-state index contributed by atoms with van der Waals surface area (Å²) in [7, 11) is 4.16. The number of ether oxygens (including phenoxy) is 3. The van der Waals surface area contributed by atoms with Crippen molar-refractivity contribution in [3.63, 3.8) is 0 Å². The second-order valence-electron chi connectivity index (χ2n) is 10.5. The van der Waals surface area contributed by atoms with E-state index in [2.05, 4.69) is 23.4 Å². The summed E-state index contributed by atoms with van der Waals surface area (Å²) in [6.45, 7) is 7.34. The van der Waals surface area contributed by atoms with E-state index in [1.165, 1.54) is 0 Å². The fourth-order valence-electron chi connectivity index (χ4n) is 6.11. The molecule has 188 valence electrons. The van der Waals surface area contributed by atoms with Crippen LogP contribution in [0.4, 0.5) is 0 Å². The molecule has 0 amide bonds. The second-order valence-corrected chi connectivity index (χ2v) is 10.5. The zero-order valence-corrected chi connectivity index (χ0v) is 20.8. The Hall–Kier alpha value is -2.19. The van der Waals surface area contributed by atoms with Crippen LogP contribution in [0.3, 0.4) is 0 Å². The van der Waals surface area contributed by atoms with Crippen LogP contribution in [-0.4, -0.2) is 84.3 Å². The van der Waals surface area contributed by atoms with E-state index < -0.39 is 11.9 Å². The number of piperidine rings is 2. The van der Waals surface area contributed by atoms with Crippen molar-refractivity contribution >= 4 is 17.9 Å². The molecule has 0 aromatic heterocycles. The molecular weight excluding hydrogens is 436 g/mol. The SMILES string of the molecule is C=C(CC(=O)O[C@@H]1C[C@@H]2C[C@@H](OC(=O)/C(C)=C\C)[C@H](C1)N2C)C(=O)OC1C[C@H]2CC[C@@H](C1)N2C. The lowest BCUT2D eigenvalue weighted by Crippen LogP contribution is -2.46. The maximum atomic E-state index is 12.6. The average Bonchev–Trinajstić information content (AvgIpc) is 3.09. The normalized spacial score (nSPS) is 35.6.